The number of carbonyl (C=O) groups excluding carboxylic acids is 1. The first kappa shape index (κ1) is 20.5. The lowest BCUT2D eigenvalue weighted by Gasteiger charge is -2.20. The summed E-state index contributed by atoms with van der Waals surface area (Å²) in [4.78, 5) is 13.6. The van der Waals surface area contributed by atoms with Crippen molar-refractivity contribution < 1.29 is 19.0 Å². The summed E-state index contributed by atoms with van der Waals surface area (Å²) in [5.41, 5.74) is 2.26. The third-order valence-corrected chi connectivity index (χ3v) is 5.64. The molecule has 2 aliphatic rings. The van der Waals surface area contributed by atoms with Gasteiger partial charge in [-0.25, -0.2) is 0 Å². The number of ether oxygens (including phenoxy) is 3. The van der Waals surface area contributed by atoms with Gasteiger partial charge >= 0.3 is 0 Å². The molecule has 160 valence electrons. The van der Waals surface area contributed by atoms with E-state index in [4.69, 9.17) is 14.2 Å². The maximum atomic E-state index is 11.2. The van der Waals surface area contributed by atoms with Gasteiger partial charge in [0.25, 0.3) is 0 Å². The van der Waals surface area contributed by atoms with Crippen LogP contribution < -0.4 is 19.7 Å². The van der Waals surface area contributed by atoms with E-state index in [1.54, 1.807) is 0 Å². The first-order valence-corrected chi connectivity index (χ1v) is 10.7. The SMILES string of the molecule is CC(=O)N[C@@H](C)c1ccc(OC2CCN(c3ccc(OC4CCOC4)cc3)C2)cc1. The smallest absolute Gasteiger partial charge is 0.217 e. The van der Waals surface area contributed by atoms with Crippen molar-refractivity contribution in [3.05, 3.63) is 54.1 Å². The molecule has 4 rings (SSSR count). The largest absolute Gasteiger partial charge is 0.489 e. The molecule has 0 aromatic heterocycles. The highest BCUT2D eigenvalue weighted by Gasteiger charge is 2.24. The fourth-order valence-corrected chi connectivity index (χ4v) is 4.01. The molecule has 0 radical (unpaired) electrons. The van der Waals surface area contributed by atoms with Gasteiger partial charge in [0, 0.05) is 32.0 Å². The van der Waals surface area contributed by atoms with E-state index in [0.29, 0.717) is 6.61 Å². The van der Waals surface area contributed by atoms with Gasteiger partial charge in [-0.3, -0.25) is 4.79 Å². The van der Waals surface area contributed by atoms with Gasteiger partial charge in [0.05, 0.1) is 25.8 Å². The molecule has 2 unspecified atom stereocenters. The van der Waals surface area contributed by atoms with Crippen molar-refractivity contribution in [2.75, 3.05) is 31.2 Å². The van der Waals surface area contributed by atoms with Crippen molar-refractivity contribution in [3.63, 3.8) is 0 Å². The molecule has 0 bridgehead atoms. The Morgan fingerprint density at radius 3 is 2.33 bits per heavy atom. The van der Waals surface area contributed by atoms with Crippen molar-refractivity contribution >= 4 is 11.6 Å². The van der Waals surface area contributed by atoms with Gasteiger partial charge in [-0.05, 0) is 48.9 Å². The van der Waals surface area contributed by atoms with Gasteiger partial charge in [-0.1, -0.05) is 12.1 Å². The second kappa shape index (κ2) is 9.39. The predicted octanol–water partition coefficient (Wildman–Crippen LogP) is 3.71. The maximum absolute atomic E-state index is 11.2. The van der Waals surface area contributed by atoms with Crippen LogP contribution in [0.25, 0.3) is 0 Å². The number of nitrogens with one attached hydrogen (secondary N) is 1. The summed E-state index contributed by atoms with van der Waals surface area (Å²) in [6, 6.07) is 16.3. The summed E-state index contributed by atoms with van der Waals surface area (Å²) in [6.07, 6.45) is 2.28. The molecule has 30 heavy (non-hydrogen) atoms. The minimum atomic E-state index is -0.0268. The zero-order valence-electron chi connectivity index (χ0n) is 17.7. The molecule has 0 saturated carbocycles. The van der Waals surface area contributed by atoms with Crippen molar-refractivity contribution in [1.82, 2.24) is 5.32 Å². The van der Waals surface area contributed by atoms with Crippen LogP contribution in [-0.2, 0) is 9.53 Å². The first-order valence-electron chi connectivity index (χ1n) is 10.7. The molecule has 2 heterocycles. The number of amides is 1. The summed E-state index contributed by atoms with van der Waals surface area (Å²) in [6.45, 7) is 6.81. The Labute approximate surface area is 178 Å². The van der Waals surface area contributed by atoms with E-state index >= 15 is 0 Å². The lowest BCUT2D eigenvalue weighted by atomic mass is 10.1. The molecule has 2 fully saturated rings. The number of benzene rings is 2. The van der Waals surface area contributed by atoms with Crippen LogP contribution in [0.2, 0.25) is 0 Å². The topological polar surface area (TPSA) is 60.0 Å². The monoisotopic (exact) mass is 410 g/mol. The van der Waals surface area contributed by atoms with Gasteiger partial charge in [0.1, 0.15) is 23.7 Å². The Morgan fingerprint density at radius 1 is 1.03 bits per heavy atom. The quantitative estimate of drug-likeness (QED) is 0.754. The zero-order chi connectivity index (χ0) is 20.9. The molecule has 2 aromatic rings. The van der Waals surface area contributed by atoms with E-state index in [9.17, 15) is 4.79 Å². The molecule has 2 aromatic carbocycles. The Kier molecular flexibility index (Phi) is 6.43. The number of rotatable bonds is 7. The van der Waals surface area contributed by atoms with Gasteiger partial charge in [-0.2, -0.15) is 0 Å². The van der Waals surface area contributed by atoms with Gasteiger partial charge < -0.3 is 24.4 Å². The Balaban J connectivity index is 1.28. The summed E-state index contributed by atoms with van der Waals surface area (Å²) >= 11 is 0. The minimum Gasteiger partial charge on any atom is -0.489 e. The molecule has 0 aliphatic carbocycles. The maximum Gasteiger partial charge on any atom is 0.217 e. The molecule has 6 heteroatoms. The van der Waals surface area contributed by atoms with Crippen LogP contribution in [-0.4, -0.2) is 44.4 Å². The molecule has 1 N–H and O–H groups in total. The predicted molar refractivity (Wildman–Crippen MR) is 116 cm³/mol. The molecular weight excluding hydrogens is 380 g/mol. The third-order valence-electron chi connectivity index (χ3n) is 5.64. The van der Waals surface area contributed by atoms with Crippen LogP contribution in [0, 0.1) is 0 Å². The Morgan fingerprint density at radius 2 is 1.70 bits per heavy atom. The number of hydrogen-bond donors (Lipinski definition) is 1. The second-order valence-electron chi connectivity index (χ2n) is 8.06. The van der Waals surface area contributed by atoms with E-state index < -0.39 is 0 Å². The fraction of sp³-hybridized carbons (Fsp3) is 0.458. The summed E-state index contributed by atoms with van der Waals surface area (Å²) < 4.78 is 17.5. The highest BCUT2D eigenvalue weighted by Crippen LogP contribution is 2.27. The molecule has 3 atom stereocenters. The van der Waals surface area contributed by atoms with Crippen LogP contribution in [0.1, 0.15) is 38.3 Å². The number of nitrogens with zero attached hydrogens (tertiary/aromatic N) is 1. The zero-order valence-corrected chi connectivity index (χ0v) is 17.7. The fourth-order valence-electron chi connectivity index (χ4n) is 4.01. The van der Waals surface area contributed by atoms with Crippen molar-refractivity contribution in [1.29, 1.82) is 0 Å². The lowest BCUT2D eigenvalue weighted by Crippen LogP contribution is -2.24. The average Bonchev–Trinajstić information content (AvgIpc) is 3.41. The van der Waals surface area contributed by atoms with Gasteiger partial charge in [0.2, 0.25) is 5.91 Å². The molecule has 1 amide bonds. The summed E-state index contributed by atoms with van der Waals surface area (Å²) in [5.74, 6) is 1.74. The van der Waals surface area contributed by atoms with Crippen molar-refractivity contribution in [2.24, 2.45) is 0 Å². The average molecular weight is 411 g/mol. The Bertz CT molecular complexity index is 831. The van der Waals surface area contributed by atoms with Gasteiger partial charge in [0.15, 0.2) is 0 Å². The highest BCUT2D eigenvalue weighted by molar-refractivity contribution is 5.73. The number of anilines is 1. The van der Waals surface area contributed by atoms with E-state index in [1.807, 2.05) is 43.3 Å². The van der Waals surface area contributed by atoms with Crippen molar-refractivity contribution in [3.8, 4) is 11.5 Å². The molecule has 0 spiro atoms. The summed E-state index contributed by atoms with van der Waals surface area (Å²) in [5, 5.41) is 2.90. The number of hydrogen-bond acceptors (Lipinski definition) is 5. The normalized spacial score (nSPS) is 22.0. The first-order chi connectivity index (χ1) is 14.6. The summed E-state index contributed by atoms with van der Waals surface area (Å²) in [7, 11) is 0. The van der Waals surface area contributed by atoms with Crippen LogP contribution in [0.15, 0.2) is 48.5 Å². The molecule has 2 saturated heterocycles. The van der Waals surface area contributed by atoms with Crippen LogP contribution in [0.5, 0.6) is 11.5 Å². The van der Waals surface area contributed by atoms with Gasteiger partial charge in [-0.15, -0.1) is 0 Å². The number of carbonyl (C=O) groups is 1. The van der Waals surface area contributed by atoms with E-state index in [0.717, 1.165) is 49.6 Å². The molecular formula is C24H30N2O4. The van der Waals surface area contributed by atoms with E-state index in [-0.39, 0.29) is 24.2 Å². The second-order valence-corrected chi connectivity index (χ2v) is 8.06. The van der Waals surface area contributed by atoms with Crippen molar-refractivity contribution in [2.45, 2.75) is 44.9 Å². The van der Waals surface area contributed by atoms with Crippen LogP contribution in [0.3, 0.4) is 0 Å². The third kappa shape index (κ3) is 5.25. The minimum absolute atomic E-state index is 0.00771. The molecule has 2 aliphatic heterocycles. The lowest BCUT2D eigenvalue weighted by molar-refractivity contribution is -0.119. The standard InChI is InChI=1S/C24H30N2O4/c1-17(25-18(2)27)19-3-7-21(8-4-19)29-23-11-13-26(15-23)20-5-9-22(10-6-20)30-24-12-14-28-16-24/h3-10,17,23-24H,11-16H2,1-2H3,(H,25,27)/t17-,23?,24?/m0/s1. The Hall–Kier alpha value is -2.73. The molecule has 6 nitrogen and oxygen atoms in total. The van der Waals surface area contributed by atoms with Crippen LogP contribution in [0.4, 0.5) is 5.69 Å². The highest BCUT2D eigenvalue weighted by atomic mass is 16.5. The van der Waals surface area contributed by atoms with E-state index in [1.165, 1.54) is 12.6 Å². The van der Waals surface area contributed by atoms with Crippen LogP contribution >= 0.6 is 0 Å². The van der Waals surface area contributed by atoms with E-state index in [2.05, 4.69) is 22.3 Å².